The quantitative estimate of drug-likeness (QED) is 0.542. The van der Waals surface area contributed by atoms with Crippen molar-refractivity contribution in [3.05, 3.63) is 84.1 Å². The van der Waals surface area contributed by atoms with E-state index in [9.17, 15) is 4.79 Å². The zero-order valence-corrected chi connectivity index (χ0v) is 17.7. The molecule has 0 radical (unpaired) electrons. The Labute approximate surface area is 186 Å². The van der Waals surface area contributed by atoms with E-state index in [-0.39, 0.29) is 11.8 Å². The lowest BCUT2D eigenvalue weighted by molar-refractivity contribution is 0.0587. The van der Waals surface area contributed by atoms with Crippen molar-refractivity contribution in [2.24, 2.45) is 0 Å². The van der Waals surface area contributed by atoms with Crippen LogP contribution >= 0.6 is 0 Å². The summed E-state index contributed by atoms with van der Waals surface area (Å²) in [5, 5.41) is 0. The van der Waals surface area contributed by atoms with Crippen molar-refractivity contribution in [1.29, 1.82) is 0 Å². The molecule has 6 rings (SSSR count). The minimum atomic E-state index is -0.0618. The molecule has 0 saturated carbocycles. The fraction of sp³-hybridized carbons (Fsp3) is 0.280. The number of H-pyrrole nitrogens is 1. The third-order valence-electron chi connectivity index (χ3n) is 6.61. The van der Waals surface area contributed by atoms with Gasteiger partial charge >= 0.3 is 0 Å². The Morgan fingerprint density at radius 1 is 0.906 bits per heavy atom. The van der Waals surface area contributed by atoms with Crippen LogP contribution < -0.4 is 4.90 Å². The fourth-order valence-electron chi connectivity index (χ4n) is 4.84. The predicted octanol–water partition coefficient (Wildman–Crippen LogP) is 3.59. The second-order valence-corrected chi connectivity index (χ2v) is 8.62. The van der Waals surface area contributed by atoms with Gasteiger partial charge in [-0.15, -0.1) is 0 Å². The molecule has 4 aromatic rings. The van der Waals surface area contributed by atoms with E-state index in [2.05, 4.69) is 50.2 Å². The molecular formula is C25H24N6O. The number of carbonyl (C=O) groups excluding carboxylic acids is 1. The van der Waals surface area contributed by atoms with Gasteiger partial charge in [0, 0.05) is 50.4 Å². The fourth-order valence-corrected chi connectivity index (χ4v) is 4.84. The summed E-state index contributed by atoms with van der Waals surface area (Å²) in [6.45, 7) is 3.19. The number of amides is 1. The molecule has 1 amide bonds. The van der Waals surface area contributed by atoms with Crippen molar-refractivity contribution >= 4 is 22.8 Å². The summed E-state index contributed by atoms with van der Waals surface area (Å²) in [7, 11) is 0. The average Bonchev–Trinajstić information content (AvgIpc) is 3.47. The van der Waals surface area contributed by atoms with Gasteiger partial charge in [0.15, 0.2) is 11.6 Å². The third-order valence-corrected chi connectivity index (χ3v) is 6.61. The normalized spacial score (nSPS) is 18.8. The highest BCUT2D eigenvalue weighted by Crippen LogP contribution is 2.36. The maximum Gasteiger partial charge on any atom is 0.289 e. The molecule has 2 aliphatic heterocycles. The summed E-state index contributed by atoms with van der Waals surface area (Å²) in [4.78, 5) is 34.0. The number of aromatic amines is 1. The molecule has 0 aliphatic carbocycles. The molecule has 0 spiro atoms. The number of aromatic nitrogens is 4. The van der Waals surface area contributed by atoms with E-state index < -0.39 is 0 Å². The second-order valence-electron chi connectivity index (χ2n) is 8.62. The molecule has 2 fully saturated rings. The van der Waals surface area contributed by atoms with Crippen molar-refractivity contribution in [2.45, 2.75) is 18.3 Å². The average molecular weight is 425 g/mol. The van der Waals surface area contributed by atoms with Crippen LogP contribution in [0.1, 0.15) is 40.1 Å². The first-order valence-electron chi connectivity index (χ1n) is 11.1. The van der Waals surface area contributed by atoms with Gasteiger partial charge in [-0.3, -0.25) is 9.78 Å². The number of carbonyl (C=O) groups is 1. The summed E-state index contributed by atoms with van der Waals surface area (Å²) in [5.74, 6) is 2.01. The Morgan fingerprint density at radius 2 is 1.69 bits per heavy atom. The van der Waals surface area contributed by atoms with Gasteiger partial charge in [-0.05, 0) is 24.1 Å². The van der Waals surface area contributed by atoms with Gasteiger partial charge in [-0.2, -0.15) is 0 Å². The summed E-state index contributed by atoms with van der Waals surface area (Å²) < 4.78 is 0. The van der Waals surface area contributed by atoms with Crippen molar-refractivity contribution in [3.63, 3.8) is 0 Å². The van der Waals surface area contributed by atoms with Gasteiger partial charge in [-0.25, -0.2) is 9.97 Å². The van der Waals surface area contributed by atoms with E-state index >= 15 is 0 Å². The molecule has 0 bridgehead atoms. The van der Waals surface area contributed by atoms with E-state index in [1.807, 2.05) is 29.2 Å². The number of nitrogens with zero attached hydrogens (tertiary/aromatic N) is 5. The number of anilines is 1. The minimum absolute atomic E-state index is 0.0618. The molecule has 4 heterocycles. The lowest BCUT2D eigenvalue weighted by Crippen LogP contribution is -2.49. The van der Waals surface area contributed by atoms with E-state index in [0.717, 1.165) is 42.1 Å². The lowest BCUT2D eigenvalue weighted by Gasteiger charge is -2.39. The molecular weight excluding hydrogens is 400 g/mol. The molecule has 2 aliphatic rings. The van der Waals surface area contributed by atoms with Crippen LogP contribution in [0.4, 0.5) is 5.82 Å². The van der Waals surface area contributed by atoms with Crippen molar-refractivity contribution in [3.8, 4) is 0 Å². The SMILES string of the molecule is O=C(c1nc2ccccc2[nH]1)N1CC(c2nccnc2N2CC[C@@H](c3ccccc3)C2)C1. The second kappa shape index (κ2) is 7.75. The Balaban J connectivity index is 1.16. The number of para-hydroxylation sites is 2. The van der Waals surface area contributed by atoms with Gasteiger partial charge in [-0.1, -0.05) is 42.5 Å². The van der Waals surface area contributed by atoms with Crippen LogP contribution in [0.5, 0.6) is 0 Å². The van der Waals surface area contributed by atoms with Crippen molar-refractivity contribution in [2.75, 3.05) is 31.1 Å². The van der Waals surface area contributed by atoms with Gasteiger partial charge in [0.2, 0.25) is 0 Å². The highest BCUT2D eigenvalue weighted by atomic mass is 16.2. The van der Waals surface area contributed by atoms with Crippen LogP contribution in [0.15, 0.2) is 67.0 Å². The van der Waals surface area contributed by atoms with Crippen molar-refractivity contribution in [1.82, 2.24) is 24.8 Å². The van der Waals surface area contributed by atoms with Crippen LogP contribution in [0.25, 0.3) is 11.0 Å². The Bertz CT molecular complexity index is 1230. The number of rotatable bonds is 4. The highest BCUT2D eigenvalue weighted by Gasteiger charge is 2.37. The predicted molar refractivity (Wildman–Crippen MR) is 123 cm³/mol. The van der Waals surface area contributed by atoms with Crippen LogP contribution in [0.2, 0.25) is 0 Å². The van der Waals surface area contributed by atoms with Gasteiger partial charge in [0.05, 0.1) is 16.7 Å². The summed E-state index contributed by atoms with van der Waals surface area (Å²) in [6, 6.07) is 18.4. The monoisotopic (exact) mass is 424 g/mol. The molecule has 7 nitrogen and oxygen atoms in total. The first-order chi connectivity index (χ1) is 15.8. The topological polar surface area (TPSA) is 78.0 Å². The molecule has 2 aromatic carbocycles. The Hall–Kier alpha value is -3.74. The summed E-state index contributed by atoms with van der Waals surface area (Å²) in [6.07, 6.45) is 4.64. The molecule has 2 aromatic heterocycles. The number of likely N-dealkylation sites (tertiary alicyclic amines) is 1. The molecule has 32 heavy (non-hydrogen) atoms. The Kier molecular flexibility index (Phi) is 4.60. The minimum Gasteiger partial charge on any atom is -0.354 e. The maximum atomic E-state index is 12.9. The number of benzene rings is 2. The molecule has 1 N–H and O–H groups in total. The van der Waals surface area contributed by atoms with E-state index in [0.29, 0.717) is 24.8 Å². The molecule has 0 unspecified atom stereocenters. The van der Waals surface area contributed by atoms with E-state index in [4.69, 9.17) is 4.98 Å². The Morgan fingerprint density at radius 3 is 2.53 bits per heavy atom. The number of fused-ring (bicyclic) bond motifs is 1. The summed E-state index contributed by atoms with van der Waals surface area (Å²) in [5.41, 5.74) is 4.07. The largest absolute Gasteiger partial charge is 0.354 e. The van der Waals surface area contributed by atoms with E-state index in [1.54, 1.807) is 12.4 Å². The lowest BCUT2D eigenvalue weighted by atomic mass is 9.95. The van der Waals surface area contributed by atoms with Gasteiger partial charge in [0.25, 0.3) is 5.91 Å². The highest BCUT2D eigenvalue weighted by molar-refractivity contribution is 5.94. The van der Waals surface area contributed by atoms with Crippen LogP contribution in [0.3, 0.4) is 0 Å². The number of hydrogen-bond donors (Lipinski definition) is 1. The number of hydrogen-bond acceptors (Lipinski definition) is 5. The number of imidazole rings is 1. The molecule has 1 atom stereocenters. The number of nitrogens with one attached hydrogen (secondary N) is 1. The smallest absolute Gasteiger partial charge is 0.289 e. The van der Waals surface area contributed by atoms with Gasteiger partial charge < -0.3 is 14.8 Å². The van der Waals surface area contributed by atoms with Crippen molar-refractivity contribution < 1.29 is 4.79 Å². The van der Waals surface area contributed by atoms with Crippen LogP contribution in [0, 0.1) is 0 Å². The summed E-state index contributed by atoms with van der Waals surface area (Å²) >= 11 is 0. The zero-order chi connectivity index (χ0) is 21.5. The molecule has 2 saturated heterocycles. The first kappa shape index (κ1) is 19.0. The van der Waals surface area contributed by atoms with Crippen LogP contribution in [-0.4, -0.2) is 56.9 Å². The zero-order valence-electron chi connectivity index (χ0n) is 17.7. The standard InChI is InChI=1S/C25H24N6O/c32-25(23-28-20-8-4-5-9-21(20)29-23)31-15-19(16-31)22-24(27-12-11-26-22)30-13-10-18(14-30)17-6-2-1-3-7-17/h1-9,11-12,18-19H,10,13-16H2,(H,28,29)/t18-/m1/s1. The molecule has 7 heteroatoms. The van der Waals surface area contributed by atoms with Gasteiger partial charge in [0.1, 0.15) is 0 Å². The van der Waals surface area contributed by atoms with E-state index in [1.165, 1.54) is 5.56 Å². The first-order valence-corrected chi connectivity index (χ1v) is 11.1. The third kappa shape index (κ3) is 3.30. The molecule has 160 valence electrons. The maximum absolute atomic E-state index is 12.9. The van der Waals surface area contributed by atoms with Crippen LogP contribution in [-0.2, 0) is 0 Å².